The van der Waals surface area contributed by atoms with Crippen LogP contribution in [-0.2, 0) is 16.0 Å². The summed E-state index contributed by atoms with van der Waals surface area (Å²) >= 11 is 0. The van der Waals surface area contributed by atoms with E-state index in [2.05, 4.69) is 10.6 Å². The number of methoxy groups -OCH3 is 3. The Morgan fingerprint density at radius 2 is 1.75 bits per heavy atom. The molecule has 32 heavy (non-hydrogen) atoms. The Kier molecular flexibility index (Phi) is 6.99. The summed E-state index contributed by atoms with van der Waals surface area (Å²) in [5.41, 5.74) is 2.12. The van der Waals surface area contributed by atoms with E-state index in [-0.39, 0.29) is 5.70 Å². The number of benzene rings is 2. The molecule has 9 nitrogen and oxygen atoms in total. The molecule has 0 bridgehead atoms. The zero-order valence-corrected chi connectivity index (χ0v) is 18.4. The van der Waals surface area contributed by atoms with Crippen molar-refractivity contribution in [1.29, 1.82) is 0 Å². The number of ether oxygens (including phenoxy) is 3. The van der Waals surface area contributed by atoms with Crippen LogP contribution in [-0.4, -0.2) is 50.6 Å². The summed E-state index contributed by atoms with van der Waals surface area (Å²) in [6.07, 6.45) is 2.20. The van der Waals surface area contributed by atoms with Crippen molar-refractivity contribution in [3.63, 3.8) is 0 Å². The monoisotopic (exact) mass is 439 g/mol. The molecule has 2 aromatic rings. The first-order valence-electron chi connectivity index (χ1n) is 9.94. The van der Waals surface area contributed by atoms with Crippen LogP contribution in [0.25, 0.3) is 6.08 Å². The molecule has 0 aliphatic carbocycles. The lowest BCUT2D eigenvalue weighted by atomic mass is 10.1. The summed E-state index contributed by atoms with van der Waals surface area (Å²) in [5.74, 6) is 0.0600. The molecule has 1 fully saturated rings. The van der Waals surface area contributed by atoms with Crippen molar-refractivity contribution in [3.05, 3.63) is 53.2 Å². The van der Waals surface area contributed by atoms with E-state index in [1.165, 1.54) is 27.4 Å². The van der Waals surface area contributed by atoms with E-state index in [1.807, 2.05) is 19.1 Å². The number of rotatable bonds is 8. The van der Waals surface area contributed by atoms with Gasteiger partial charge in [-0.05, 0) is 36.3 Å². The minimum absolute atomic E-state index is 0.0160. The van der Waals surface area contributed by atoms with Gasteiger partial charge in [-0.2, -0.15) is 0 Å². The maximum Gasteiger partial charge on any atom is 0.329 e. The fourth-order valence-corrected chi connectivity index (χ4v) is 3.39. The van der Waals surface area contributed by atoms with E-state index in [0.717, 1.165) is 16.9 Å². The maximum absolute atomic E-state index is 12.8. The van der Waals surface area contributed by atoms with Crippen molar-refractivity contribution in [2.24, 2.45) is 0 Å². The van der Waals surface area contributed by atoms with Crippen LogP contribution in [0, 0.1) is 0 Å². The number of anilines is 1. The van der Waals surface area contributed by atoms with Gasteiger partial charge in [0.25, 0.3) is 5.91 Å². The van der Waals surface area contributed by atoms with Gasteiger partial charge in [-0.1, -0.05) is 25.1 Å². The number of aryl methyl sites for hydroxylation is 1. The average Bonchev–Trinajstić information content (AvgIpc) is 3.06. The summed E-state index contributed by atoms with van der Waals surface area (Å²) in [5, 5.41) is 5.26. The number of urea groups is 1. The number of amides is 4. The van der Waals surface area contributed by atoms with Gasteiger partial charge in [-0.15, -0.1) is 0 Å². The second-order valence-corrected chi connectivity index (χ2v) is 6.86. The Morgan fingerprint density at radius 1 is 1.03 bits per heavy atom. The van der Waals surface area contributed by atoms with E-state index in [1.54, 1.807) is 24.3 Å². The van der Waals surface area contributed by atoms with Crippen LogP contribution in [0.2, 0.25) is 0 Å². The Bertz CT molecular complexity index is 1080. The van der Waals surface area contributed by atoms with Crippen LogP contribution in [0.1, 0.15) is 18.1 Å². The number of carbonyl (C=O) groups is 3. The molecular formula is C23H25N3O6. The van der Waals surface area contributed by atoms with Crippen LogP contribution in [0.5, 0.6) is 17.2 Å². The lowest BCUT2D eigenvalue weighted by Crippen LogP contribution is -2.38. The minimum Gasteiger partial charge on any atom is -0.493 e. The Hall–Kier alpha value is -4.01. The van der Waals surface area contributed by atoms with Crippen LogP contribution in [0.4, 0.5) is 10.5 Å². The van der Waals surface area contributed by atoms with Crippen LogP contribution < -0.4 is 24.8 Å². The highest BCUT2D eigenvalue weighted by molar-refractivity contribution is 6.16. The largest absolute Gasteiger partial charge is 0.493 e. The predicted molar refractivity (Wildman–Crippen MR) is 119 cm³/mol. The third kappa shape index (κ3) is 4.51. The maximum atomic E-state index is 12.8. The van der Waals surface area contributed by atoms with Gasteiger partial charge >= 0.3 is 6.03 Å². The van der Waals surface area contributed by atoms with E-state index in [0.29, 0.717) is 28.5 Å². The molecule has 2 N–H and O–H groups in total. The number of imide groups is 1. The van der Waals surface area contributed by atoms with E-state index >= 15 is 0 Å². The molecule has 0 saturated carbocycles. The zero-order chi connectivity index (χ0) is 23.3. The first-order chi connectivity index (χ1) is 15.4. The third-order valence-corrected chi connectivity index (χ3v) is 4.97. The summed E-state index contributed by atoms with van der Waals surface area (Å²) in [6.45, 7) is 1.56. The van der Waals surface area contributed by atoms with E-state index in [9.17, 15) is 14.4 Å². The zero-order valence-electron chi connectivity index (χ0n) is 18.4. The minimum atomic E-state index is -0.681. The van der Waals surface area contributed by atoms with Gasteiger partial charge in [0.15, 0.2) is 11.5 Å². The molecule has 4 amide bonds. The lowest BCUT2D eigenvalue weighted by Gasteiger charge is -2.14. The number of hydrogen-bond donors (Lipinski definition) is 2. The van der Waals surface area contributed by atoms with Gasteiger partial charge < -0.3 is 24.8 Å². The van der Waals surface area contributed by atoms with E-state index in [4.69, 9.17) is 14.2 Å². The lowest BCUT2D eigenvalue weighted by molar-refractivity contribution is -0.127. The predicted octanol–water partition coefficient (Wildman–Crippen LogP) is 2.81. The van der Waals surface area contributed by atoms with Crippen LogP contribution in [0.3, 0.4) is 0 Å². The second-order valence-electron chi connectivity index (χ2n) is 6.86. The highest BCUT2D eigenvalue weighted by Gasteiger charge is 2.35. The van der Waals surface area contributed by atoms with Gasteiger partial charge in [0, 0.05) is 11.3 Å². The SMILES string of the molecule is CCc1ccccc1NC(=O)CN1C(=O)N/C(=C/c2ccc(OC)c(OC)c2OC)C1=O. The highest BCUT2D eigenvalue weighted by Crippen LogP contribution is 2.40. The van der Waals surface area contributed by atoms with Crippen molar-refractivity contribution in [2.45, 2.75) is 13.3 Å². The summed E-state index contributed by atoms with van der Waals surface area (Å²) in [7, 11) is 4.42. The molecule has 3 rings (SSSR count). The molecule has 168 valence electrons. The Morgan fingerprint density at radius 3 is 2.41 bits per heavy atom. The molecule has 0 radical (unpaired) electrons. The highest BCUT2D eigenvalue weighted by atomic mass is 16.5. The van der Waals surface area contributed by atoms with Gasteiger partial charge in [-0.25, -0.2) is 9.69 Å². The molecule has 0 unspecified atom stereocenters. The fourth-order valence-electron chi connectivity index (χ4n) is 3.39. The van der Waals surface area contributed by atoms with E-state index < -0.39 is 24.4 Å². The van der Waals surface area contributed by atoms with Crippen molar-refractivity contribution in [3.8, 4) is 17.2 Å². The first kappa shape index (κ1) is 22.7. The second kappa shape index (κ2) is 9.86. The Labute approximate surface area is 185 Å². The molecule has 1 heterocycles. The topological polar surface area (TPSA) is 106 Å². The van der Waals surface area contributed by atoms with Crippen molar-refractivity contribution in [1.82, 2.24) is 10.2 Å². The molecule has 0 spiro atoms. The number of nitrogens with one attached hydrogen (secondary N) is 2. The third-order valence-electron chi connectivity index (χ3n) is 4.97. The van der Waals surface area contributed by atoms with Gasteiger partial charge in [0.05, 0.1) is 21.3 Å². The Balaban J connectivity index is 1.80. The molecular weight excluding hydrogens is 414 g/mol. The van der Waals surface area contributed by atoms with Gasteiger partial charge in [-0.3, -0.25) is 9.59 Å². The molecule has 2 aromatic carbocycles. The van der Waals surface area contributed by atoms with Crippen molar-refractivity contribution < 1.29 is 28.6 Å². The first-order valence-corrected chi connectivity index (χ1v) is 9.94. The standard InChI is InChI=1S/C23H25N3O6/c1-5-14-8-6-7-9-16(14)24-19(27)13-26-22(28)17(25-23(26)29)12-15-10-11-18(30-2)21(32-4)20(15)31-3/h6-12H,5,13H2,1-4H3,(H,24,27)(H,25,29)/b17-12+. The number of nitrogens with zero attached hydrogens (tertiary/aromatic N) is 1. The summed E-state index contributed by atoms with van der Waals surface area (Å²) in [6, 6.07) is 10.0. The van der Waals surface area contributed by atoms with Gasteiger partial charge in [0.2, 0.25) is 11.7 Å². The molecule has 0 atom stereocenters. The quantitative estimate of drug-likeness (QED) is 0.484. The number of hydrogen-bond acceptors (Lipinski definition) is 6. The molecule has 1 saturated heterocycles. The number of carbonyl (C=O) groups excluding carboxylic acids is 3. The van der Waals surface area contributed by atoms with Crippen molar-refractivity contribution >= 4 is 29.6 Å². The average molecular weight is 439 g/mol. The number of para-hydroxylation sites is 1. The van der Waals surface area contributed by atoms with Gasteiger partial charge in [0.1, 0.15) is 12.2 Å². The summed E-state index contributed by atoms with van der Waals surface area (Å²) in [4.78, 5) is 38.5. The molecule has 9 heteroatoms. The molecule has 0 aromatic heterocycles. The normalized spacial score (nSPS) is 14.4. The van der Waals surface area contributed by atoms with Crippen LogP contribution in [0.15, 0.2) is 42.1 Å². The smallest absolute Gasteiger partial charge is 0.329 e. The molecule has 1 aliphatic heterocycles. The van der Waals surface area contributed by atoms with Crippen molar-refractivity contribution in [2.75, 3.05) is 33.2 Å². The van der Waals surface area contributed by atoms with Crippen LogP contribution >= 0.6 is 0 Å². The summed E-state index contributed by atoms with van der Waals surface area (Å²) < 4.78 is 16.0. The molecule has 1 aliphatic rings. The fraction of sp³-hybridized carbons (Fsp3) is 0.261.